The molecule has 0 saturated carbocycles. The summed E-state index contributed by atoms with van der Waals surface area (Å²) in [6.45, 7) is 0. The molecule has 0 bridgehead atoms. The maximum absolute atomic E-state index is 11.1. The van der Waals surface area contributed by atoms with Crippen LogP contribution in [-0.4, -0.2) is 22.1 Å². The second-order valence-electron chi connectivity index (χ2n) is 2.06. The summed E-state index contributed by atoms with van der Waals surface area (Å²) in [6.07, 6.45) is 0. The normalized spacial score (nSPS) is 8.91. The Balaban J connectivity index is 2.90. The van der Waals surface area contributed by atoms with E-state index in [9.17, 15) is 4.79 Å². The van der Waals surface area contributed by atoms with E-state index in [-0.39, 0.29) is 3.91 Å². The van der Waals surface area contributed by atoms with Gasteiger partial charge in [0.2, 0.25) is 0 Å². The van der Waals surface area contributed by atoms with Crippen LogP contribution < -0.4 is 0 Å². The monoisotopic (exact) mass is 286 g/mol. The third kappa shape index (κ3) is 2.85. The highest BCUT2D eigenvalue weighted by Gasteiger charge is 2.05. The first-order valence-corrected chi connectivity index (χ1v) is 8.48. The summed E-state index contributed by atoms with van der Waals surface area (Å²) in [7, 11) is 0. The molecule has 0 heterocycles. The molecule has 0 fully saturated rings. The van der Waals surface area contributed by atoms with Crippen LogP contribution in [-0.2, 0) is 0 Å². The van der Waals surface area contributed by atoms with Gasteiger partial charge in [0, 0.05) is 8.39 Å². The zero-order valence-corrected chi connectivity index (χ0v) is 10.3. The van der Waals surface area contributed by atoms with Gasteiger partial charge in [0.25, 0.3) is 0 Å². The zero-order valence-electron chi connectivity index (χ0n) is 5.68. The maximum Gasteiger partial charge on any atom is 0.571 e. The fourth-order valence-electron chi connectivity index (χ4n) is 0.713. The van der Waals surface area contributed by atoms with Crippen LogP contribution in [0.25, 0.3) is 0 Å². The number of benzene rings is 1. The lowest BCUT2D eigenvalue weighted by Crippen LogP contribution is -2.02. The first-order chi connectivity index (χ1) is 5.24. The predicted molar refractivity (Wildman–Crippen MR) is 53.2 cm³/mol. The van der Waals surface area contributed by atoms with Gasteiger partial charge in [-0.3, -0.25) is 12.9 Å². The van der Waals surface area contributed by atoms with Crippen LogP contribution in [0.3, 0.4) is 0 Å². The van der Waals surface area contributed by atoms with E-state index in [2.05, 4.69) is 28.8 Å². The Morgan fingerprint density at radius 2 is 1.82 bits per heavy atom. The average molecular weight is 288 g/mol. The molecule has 11 heavy (non-hydrogen) atoms. The largest absolute Gasteiger partial charge is 0.571 e. The standard InChI is InChI=1S/C7H4BrO.BrH.Mg/c8-7-3-1-6(5-9)2-4-7;;/h1-4H;1H;/q;;+1/p-1. The molecule has 0 spiro atoms. The third-order valence-electron chi connectivity index (χ3n) is 1.29. The van der Waals surface area contributed by atoms with Crippen molar-refractivity contribution in [3.8, 4) is 0 Å². The molecule has 0 saturated heterocycles. The first kappa shape index (κ1) is 9.70. The third-order valence-corrected chi connectivity index (χ3v) is 4.00. The molecule has 0 aliphatic heterocycles. The number of rotatable bonds is 2. The maximum atomic E-state index is 11.1. The number of halogens is 2. The highest BCUT2D eigenvalue weighted by molar-refractivity contribution is 9.24. The van der Waals surface area contributed by atoms with Gasteiger partial charge in [0.1, 0.15) is 0 Å². The highest BCUT2D eigenvalue weighted by atomic mass is 79.9. The van der Waals surface area contributed by atoms with E-state index in [0.29, 0.717) is 0 Å². The highest BCUT2D eigenvalue weighted by Crippen LogP contribution is 2.10. The van der Waals surface area contributed by atoms with E-state index >= 15 is 0 Å². The van der Waals surface area contributed by atoms with Crippen LogP contribution in [0.5, 0.6) is 0 Å². The molecule has 1 aromatic carbocycles. The van der Waals surface area contributed by atoms with Crippen LogP contribution in [0.4, 0.5) is 0 Å². The minimum Gasteiger partial charge on any atom is -0.329 e. The van der Waals surface area contributed by atoms with Gasteiger partial charge in [-0.25, -0.2) is 0 Å². The fraction of sp³-hybridized carbons (Fsp3) is 0. The minimum absolute atomic E-state index is 0.248. The molecule has 1 rings (SSSR count). The molecule has 54 valence electrons. The Labute approximate surface area is 89.3 Å². The van der Waals surface area contributed by atoms with Gasteiger partial charge in [0.05, 0.1) is 0 Å². The van der Waals surface area contributed by atoms with Gasteiger partial charge in [-0.1, -0.05) is 28.1 Å². The molecule has 0 amide bonds. The van der Waals surface area contributed by atoms with Crippen molar-refractivity contribution in [2.45, 2.75) is 0 Å². The summed E-state index contributed by atoms with van der Waals surface area (Å²) >= 11 is 5.84. The molecule has 0 N–H and O–H groups in total. The lowest BCUT2D eigenvalue weighted by molar-refractivity contribution is 0.107. The van der Waals surface area contributed by atoms with E-state index < -0.39 is 18.2 Å². The van der Waals surface area contributed by atoms with E-state index in [4.69, 9.17) is 0 Å². The molecule has 0 aliphatic carbocycles. The zero-order chi connectivity index (χ0) is 8.27. The average Bonchev–Trinajstić information content (AvgIpc) is 2.05. The van der Waals surface area contributed by atoms with Crippen molar-refractivity contribution in [2.75, 3.05) is 0 Å². The molecule has 0 atom stereocenters. The van der Waals surface area contributed by atoms with Gasteiger partial charge >= 0.3 is 18.2 Å². The Bertz CT molecular complexity index is 258. The van der Waals surface area contributed by atoms with Gasteiger partial charge in [-0.15, -0.1) is 0 Å². The quantitative estimate of drug-likeness (QED) is 0.765. The summed E-state index contributed by atoms with van der Waals surface area (Å²) < 4.78 is 1.25. The van der Waals surface area contributed by atoms with E-state index in [1.807, 2.05) is 24.3 Å². The molecular weight excluding hydrogens is 284 g/mol. The molecule has 0 aromatic heterocycles. The number of carbonyl (C=O) groups excluding carboxylic acids is 1. The summed E-state index contributed by atoms with van der Waals surface area (Å²) in [5, 5.41) is 0. The lowest BCUT2D eigenvalue weighted by atomic mass is 10.2. The smallest absolute Gasteiger partial charge is 0.329 e. The minimum atomic E-state index is -0.714. The predicted octanol–water partition coefficient (Wildman–Crippen LogP) is 2.60. The first-order valence-electron chi connectivity index (χ1n) is 3.09. The number of hydrogen-bond donors (Lipinski definition) is 0. The number of carbonyl (C=O) groups is 1. The van der Waals surface area contributed by atoms with Crippen molar-refractivity contribution in [3.05, 3.63) is 34.3 Å². The van der Waals surface area contributed by atoms with Crippen molar-refractivity contribution >= 4 is 50.9 Å². The Morgan fingerprint density at radius 3 is 2.27 bits per heavy atom. The SMILES string of the molecule is O=[C]([Mg][Br])c1ccc(Br)cc1. The van der Waals surface area contributed by atoms with Gasteiger partial charge in [-0.2, -0.15) is 0 Å². The topological polar surface area (TPSA) is 17.1 Å². The van der Waals surface area contributed by atoms with Crippen LogP contribution in [0.1, 0.15) is 10.4 Å². The molecule has 0 aliphatic rings. The van der Waals surface area contributed by atoms with Crippen molar-refractivity contribution in [1.29, 1.82) is 0 Å². The van der Waals surface area contributed by atoms with E-state index in [1.54, 1.807) is 0 Å². The molecule has 0 unspecified atom stereocenters. The van der Waals surface area contributed by atoms with Gasteiger partial charge in [0.15, 0.2) is 0 Å². The molecule has 0 radical (unpaired) electrons. The molecule has 1 nitrogen and oxygen atoms in total. The molecule has 1 aromatic rings. The second kappa shape index (κ2) is 4.60. The van der Waals surface area contributed by atoms with Crippen molar-refractivity contribution in [3.63, 3.8) is 0 Å². The fourth-order valence-corrected chi connectivity index (χ4v) is 2.34. The second-order valence-corrected chi connectivity index (χ2v) is 5.57. The van der Waals surface area contributed by atoms with Crippen molar-refractivity contribution in [1.82, 2.24) is 0 Å². The van der Waals surface area contributed by atoms with Crippen LogP contribution in [0, 0.1) is 0 Å². The van der Waals surface area contributed by atoms with E-state index in [0.717, 1.165) is 10.0 Å². The van der Waals surface area contributed by atoms with Crippen LogP contribution >= 0.6 is 28.8 Å². The van der Waals surface area contributed by atoms with Gasteiger partial charge in [-0.05, 0) is 17.7 Å². The summed E-state index contributed by atoms with van der Waals surface area (Å²) in [5.74, 6) is 0. The lowest BCUT2D eigenvalue weighted by Gasteiger charge is -1.95. The van der Waals surface area contributed by atoms with Crippen LogP contribution in [0.15, 0.2) is 28.7 Å². The summed E-state index contributed by atoms with van der Waals surface area (Å²) in [5.41, 5.74) is 0.803. The van der Waals surface area contributed by atoms with Crippen LogP contribution in [0.2, 0.25) is 0 Å². The molecular formula is C7H4Br2MgO. The van der Waals surface area contributed by atoms with Crippen molar-refractivity contribution < 1.29 is 4.79 Å². The Morgan fingerprint density at radius 1 is 1.27 bits per heavy atom. The Kier molecular flexibility index (Phi) is 4.05. The summed E-state index contributed by atoms with van der Waals surface area (Å²) in [6, 6.07) is 7.43. The number of hydrogen-bond acceptors (Lipinski definition) is 1. The molecule has 4 heteroatoms. The van der Waals surface area contributed by atoms with Crippen molar-refractivity contribution in [2.24, 2.45) is 0 Å². The Hall–Kier alpha value is 0.616. The summed E-state index contributed by atoms with van der Waals surface area (Å²) in [4.78, 5) is 11.1. The van der Waals surface area contributed by atoms with E-state index in [1.165, 1.54) is 0 Å². The van der Waals surface area contributed by atoms with Gasteiger partial charge < -0.3 is 4.79 Å².